The molecule has 0 bridgehead atoms. The number of hydrogen-bond acceptors (Lipinski definition) is 3. The highest BCUT2D eigenvalue weighted by molar-refractivity contribution is 5.90. The number of amides is 3. The van der Waals surface area contributed by atoms with E-state index in [1.54, 1.807) is 38.4 Å². The van der Waals surface area contributed by atoms with Gasteiger partial charge in [-0.2, -0.15) is 0 Å². The smallest absolute Gasteiger partial charge is 0.408 e. The number of likely N-dealkylation sites (N-methyl/N-ethyl adjacent to an activating group) is 1. The van der Waals surface area contributed by atoms with Gasteiger partial charge in [-0.3, -0.25) is 14.5 Å². The van der Waals surface area contributed by atoms with Crippen molar-refractivity contribution in [1.29, 1.82) is 0 Å². The van der Waals surface area contributed by atoms with E-state index in [9.17, 15) is 19.5 Å². The summed E-state index contributed by atoms with van der Waals surface area (Å²) in [5.74, 6) is -0.719. The standard InChI is InChI=1S/C16H23N3O4/c1-17(2)14(20)10-13(15(21)18(3)4)19(16(22)23)11-12-8-6-5-7-9-12/h5-9,13H,10-11H2,1-4H3,(H,22,23)/t13-/m0/s1. The average molecular weight is 321 g/mol. The molecular formula is C16H23N3O4. The van der Waals surface area contributed by atoms with Crippen molar-refractivity contribution in [3.63, 3.8) is 0 Å². The van der Waals surface area contributed by atoms with Gasteiger partial charge in [0.05, 0.1) is 6.42 Å². The van der Waals surface area contributed by atoms with Crippen molar-refractivity contribution in [2.24, 2.45) is 0 Å². The van der Waals surface area contributed by atoms with Crippen LogP contribution in [0.25, 0.3) is 0 Å². The number of hydrogen-bond donors (Lipinski definition) is 1. The van der Waals surface area contributed by atoms with Crippen molar-refractivity contribution in [2.45, 2.75) is 19.0 Å². The molecule has 3 amide bonds. The van der Waals surface area contributed by atoms with E-state index in [0.29, 0.717) is 0 Å². The molecule has 0 radical (unpaired) electrons. The molecule has 0 aliphatic carbocycles. The largest absolute Gasteiger partial charge is 0.465 e. The average Bonchev–Trinajstić information content (AvgIpc) is 2.50. The molecule has 0 spiro atoms. The monoisotopic (exact) mass is 321 g/mol. The molecule has 0 saturated carbocycles. The van der Waals surface area contributed by atoms with Gasteiger partial charge in [0.1, 0.15) is 6.04 Å². The maximum atomic E-state index is 12.4. The molecule has 0 aliphatic heterocycles. The molecule has 1 N–H and O–H groups in total. The summed E-state index contributed by atoms with van der Waals surface area (Å²) in [5, 5.41) is 9.52. The molecule has 126 valence electrons. The summed E-state index contributed by atoms with van der Waals surface area (Å²) in [6.07, 6.45) is -1.43. The van der Waals surface area contributed by atoms with Gasteiger partial charge in [-0.05, 0) is 5.56 Å². The molecule has 0 aromatic heterocycles. The maximum Gasteiger partial charge on any atom is 0.408 e. The number of nitrogens with zero attached hydrogens (tertiary/aromatic N) is 3. The van der Waals surface area contributed by atoms with Gasteiger partial charge in [-0.1, -0.05) is 30.3 Å². The minimum absolute atomic E-state index is 0.0428. The highest BCUT2D eigenvalue weighted by atomic mass is 16.4. The van der Waals surface area contributed by atoms with Crippen molar-refractivity contribution in [2.75, 3.05) is 28.2 Å². The number of carboxylic acid groups (broad SMARTS) is 1. The molecule has 7 nitrogen and oxygen atoms in total. The van der Waals surface area contributed by atoms with Crippen molar-refractivity contribution >= 4 is 17.9 Å². The zero-order valence-electron chi connectivity index (χ0n) is 13.9. The Morgan fingerprint density at radius 1 is 1.00 bits per heavy atom. The second-order valence-corrected chi connectivity index (χ2v) is 5.64. The van der Waals surface area contributed by atoms with Gasteiger partial charge in [-0.25, -0.2) is 4.79 Å². The fraction of sp³-hybridized carbons (Fsp3) is 0.438. The lowest BCUT2D eigenvalue weighted by Gasteiger charge is -2.30. The summed E-state index contributed by atoms with van der Waals surface area (Å²) in [5.41, 5.74) is 0.753. The van der Waals surface area contributed by atoms with Crippen LogP contribution in [0.5, 0.6) is 0 Å². The first-order valence-electron chi connectivity index (χ1n) is 7.18. The summed E-state index contributed by atoms with van der Waals surface area (Å²) < 4.78 is 0. The van der Waals surface area contributed by atoms with Crippen LogP contribution in [0.3, 0.4) is 0 Å². The van der Waals surface area contributed by atoms with Crippen LogP contribution in [0.15, 0.2) is 30.3 Å². The normalized spacial score (nSPS) is 11.5. The highest BCUT2D eigenvalue weighted by Gasteiger charge is 2.33. The van der Waals surface area contributed by atoms with Crippen LogP contribution in [0.1, 0.15) is 12.0 Å². The van der Waals surface area contributed by atoms with Crippen molar-refractivity contribution < 1.29 is 19.5 Å². The fourth-order valence-corrected chi connectivity index (χ4v) is 2.07. The third kappa shape index (κ3) is 5.28. The summed E-state index contributed by atoms with van der Waals surface area (Å²) >= 11 is 0. The Morgan fingerprint density at radius 3 is 2.00 bits per heavy atom. The van der Waals surface area contributed by atoms with E-state index in [1.165, 1.54) is 23.9 Å². The lowest BCUT2D eigenvalue weighted by molar-refractivity contribution is -0.139. The molecule has 0 unspecified atom stereocenters. The maximum absolute atomic E-state index is 12.4. The molecule has 1 atom stereocenters. The molecule has 0 saturated heterocycles. The van der Waals surface area contributed by atoms with Gasteiger partial charge in [-0.15, -0.1) is 0 Å². The second kappa shape index (κ2) is 8.17. The van der Waals surface area contributed by atoms with E-state index in [-0.39, 0.29) is 18.9 Å². The van der Waals surface area contributed by atoms with E-state index in [4.69, 9.17) is 0 Å². The minimum atomic E-state index is -1.24. The minimum Gasteiger partial charge on any atom is -0.465 e. The number of carbonyl (C=O) groups is 3. The van der Waals surface area contributed by atoms with Crippen LogP contribution in [0.4, 0.5) is 4.79 Å². The predicted molar refractivity (Wildman–Crippen MR) is 85.8 cm³/mol. The lowest BCUT2D eigenvalue weighted by Crippen LogP contribution is -2.50. The highest BCUT2D eigenvalue weighted by Crippen LogP contribution is 2.14. The predicted octanol–water partition coefficient (Wildman–Crippen LogP) is 1.10. The van der Waals surface area contributed by atoms with Crippen molar-refractivity contribution in [1.82, 2.24) is 14.7 Å². The van der Waals surface area contributed by atoms with Gasteiger partial charge in [0.25, 0.3) is 0 Å². The number of rotatable bonds is 6. The molecule has 1 aromatic rings. The number of benzene rings is 1. The molecule has 1 aromatic carbocycles. The Bertz CT molecular complexity index is 558. The van der Waals surface area contributed by atoms with Crippen LogP contribution < -0.4 is 0 Å². The summed E-state index contributed by atoms with van der Waals surface area (Å²) in [7, 11) is 6.22. The van der Waals surface area contributed by atoms with Crippen LogP contribution in [-0.2, 0) is 16.1 Å². The SMILES string of the molecule is CN(C)C(=O)C[C@@H](C(=O)N(C)C)N(Cc1ccccc1)C(=O)O. The van der Waals surface area contributed by atoms with E-state index in [1.807, 2.05) is 6.07 Å². The molecule has 1 rings (SSSR count). The van der Waals surface area contributed by atoms with Crippen LogP contribution in [0, 0.1) is 0 Å². The summed E-state index contributed by atoms with van der Waals surface area (Å²) in [6, 6.07) is 7.92. The topological polar surface area (TPSA) is 81.2 Å². The lowest BCUT2D eigenvalue weighted by atomic mass is 10.1. The Kier molecular flexibility index (Phi) is 6.56. The van der Waals surface area contributed by atoms with Gasteiger partial charge in [0.2, 0.25) is 11.8 Å². The Morgan fingerprint density at radius 2 is 1.57 bits per heavy atom. The third-order valence-corrected chi connectivity index (χ3v) is 3.41. The molecule has 7 heteroatoms. The van der Waals surface area contributed by atoms with E-state index in [0.717, 1.165) is 10.5 Å². The second-order valence-electron chi connectivity index (χ2n) is 5.64. The summed E-state index contributed by atoms with van der Waals surface area (Å²) in [6.45, 7) is 0.0428. The van der Waals surface area contributed by atoms with Crippen molar-refractivity contribution in [3.8, 4) is 0 Å². The van der Waals surface area contributed by atoms with Gasteiger partial charge in [0.15, 0.2) is 0 Å². The molecular weight excluding hydrogens is 298 g/mol. The fourth-order valence-electron chi connectivity index (χ4n) is 2.07. The molecule has 0 aliphatic rings. The Labute approximate surface area is 136 Å². The van der Waals surface area contributed by atoms with Gasteiger partial charge < -0.3 is 14.9 Å². The van der Waals surface area contributed by atoms with Crippen LogP contribution in [0.2, 0.25) is 0 Å². The molecule has 0 fully saturated rings. The van der Waals surface area contributed by atoms with Crippen LogP contribution in [-0.4, -0.2) is 71.9 Å². The quantitative estimate of drug-likeness (QED) is 0.851. The Hall–Kier alpha value is -2.57. The molecule has 23 heavy (non-hydrogen) atoms. The Balaban J connectivity index is 3.09. The zero-order valence-corrected chi connectivity index (χ0v) is 13.9. The number of carbonyl (C=O) groups excluding carboxylic acids is 2. The first-order chi connectivity index (χ1) is 10.7. The first-order valence-corrected chi connectivity index (χ1v) is 7.18. The van der Waals surface area contributed by atoms with Crippen molar-refractivity contribution in [3.05, 3.63) is 35.9 Å². The van der Waals surface area contributed by atoms with Gasteiger partial charge in [0, 0.05) is 34.7 Å². The van der Waals surface area contributed by atoms with E-state index >= 15 is 0 Å². The van der Waals surface area contributed by atoms with E-state index < -0.39 is 18.0 Å². The van der Waals surface area contributed by atoms with Crippen LogP contribution >= 0.6 is 0 Å². The third-order valence-electron chi connectivity index (χ3n) is 3.41. The zero-order chi connectivity index (χ0) is 17.6. The van der Waals surface area contributed by atoms with Gasteiger partial charge >= 0.3 is 6.09 Å². The summed E-state index contributed by atoms with van der Waals surface area (Å²) in [4.78, 5) is 39.7. The van der Waals surface area contributed by atoms with E-state index in [2.05, 4.69) is 0 Å². The molecule has 0 heterocycles. The first kappa shape index (κ1) is 18.5.